The van der Waals surface area contributed by atoms with Gasteiger partial charge in [0.1, 0.15) is 12.7 Å². The largest absolute Gasteiger partial charge is 0.463 e. The van der Waals surface area contributed by atoms with Gasteiger partial charge in [-0.1, -0.05) is 48.5 Å². The quantitative estimate of drug-likeness (QED) is 0.562. The minimum Gasteiger partial charge on any atom is -0.463 e. The van der Waals surface area contributed by atoms with Gasteiger partial charge < -0.3 is 20.1 Å². The molecule has 1 amide bonds. The molecule has 2 heterocycles. The number of benzene rings is 2. The summed E-state index contributed by atoms with van der Waals surface area (Å²) in [6, 6.07) is 17.7. The van der Waals surface area contributed by atoms with Gasteiger partial charge in [-0.25, -0.2) is 0 Å². The van der Waals surface area contributed by atoms with Gasteiger partial charge in [0, 0.05) is 36.0 Å². The molecular weight excluding hydrogens is 368 g/mol. The standard InChI is InChI=1S/C23H24N2O4/c1-14(26)24-12-11-17-16-9-5-6-10-18(16)25-22(17)20(15-7-3-2-4-8-15)21-19(27)13-29-23(21)28/h2-10,19-21,25,27H,11-13H2,1H3,(H,24,26). The summed E-state index contributed by atoms with van der Waals surface area (Å²) in [7, 11) is 0. The van der Waals surface area contributed by atoms with Crippen LogP contribution in [0.3, 0.4) is 0 Å². The molecule has 3 unspecified atom stereocenters. The summed E-state index contributed by atoms with van der Waals surface area (Å²) in [5, 5.41) is 14.4. The second-order valence-corrected chi connectivity index (χ2v) is 7.41. The van der Waals surface area contributed by atoms with Gasteiger partial charge >= 0.3 is 5.97 Å². The van der Waals surface area contributed by atoms with Crippen LogP contribution in [0, 0.1) is 5.92 Å². The molecule has 0 bridgehead atoms. The number of nitrogens with one attached hydrogen (secondary N) is 2. The number of cyclic esters (lactones) is 1. The van der Waals surface area contributed by atoms with Crippen LogP contribution in [0.15, 0.2) is 54.6 Å². The number of ether oxygens (including phenoxy) is 1. The van der Waals surface area contributed by atoms with Crippen molar-refractivity contribution in [1.82, 2.24) is 10.3 Å². The molecule has 29 heavy (non-hydrogen) atoms. The van der Waals surface area contributed by atoms with E-state index in [0.29, 0.717) is 13.0 Å². The summed E-state index contributed by atoms with van der Waals surface area (Å²) in [6.45, 7) is 1.99. The summed E-state index contributed by atoms with van der Waals surface area (Å²) in [5.74, 6) is -1.54. The van der Waals surface area contributed by atoms with Crippen LogP contribution in [0.1, 0.15) is 29.7 Å². The molecule has 3 N–H and O–H groups in total. The van der Waals surface area contributed by atoms with Crippen molar-refractivity contribution >= 4 is 22.8 Å². The third kappa shape index (κ3) is 3.76. The zero-order chi connectivity index (χ0) is 20.4. The third-order valence-electron chi connectivity index (χ3n) is 5.51. The highest BCUT2D eigenvalue weighted by atomic mass is 16.6. The highest BCUT2D eigenvalue weighted by Gasteiger charge is 2.44. The zero-order valence-electron chi connectivity index (χ0n) is 16.2. The van der Waals surface area contributed by atoms with Crippen molar-refractivity contribution in [2.45, 2.75) is 25.4 Å². The van der Waals surface area contributed by atoms with E-state index in [2.05, 4.69) is 10.3 Å². The molecule has 1 aliphatic heterocycles. The first-order chi connectivity index (χ1) is 14.1. The Hall–Kier alpha value is -3.12. The Morgan fingerprint density at radius 3 is 2.62 bits per heavy atom. The number of rotatable bonds is 6. The van der Waals surface area contributed by atoms with E-state index in [4.69, 9.17) is 4.74 Å². The number of carbonyl (C=O) groups is 2. The second kappa shape index (κ2) is 8.09. The van der Waals surface area contributed by atoms with Gasteiger partial charge in [-0.3, -0.25) is 9.59 Å². The number of fused-ring (bicyclic) bond motifs is 1. The number of carbonyl (C=O) groups excluding carboxylic acids is 2. The SMILES string of the molecule is CC(=O)NCCc1c(C(c2ccccc2)C2C(=O)OCC2O)[nH]c2ccccc12. The average Bonchev–Trinajstić information content (AvgIpc) is 3.24. The van der Waals surface area contributed by atoms with Crippen LogP contribution in [0.25, 0.3) is 10.9 Å². The number of H-pyrrole nitrogens is 1. The molecule has 150 valence electrons. The molecule has 1 aliphatic rings. The van der Waals surface area contributed by atoms with Crippen LogP contribution in [0.4, 0.5) is 0 Å². The molecule has 0 saturated carbocycles. The first kappa shape index (κ1) is 19.2. The van der Waals surface area contributed by atoms with Crippen LogP contribution in [0.2, 0.25) is 0 Å². The molecule has 4 rings (SSSR count). The number of aliphatic hydroxyl groups is 1. The number of esters is 1. The van der Waals surface area contributed by atoms with Gasteiger partial charge in [-0.2, -0.15) is 0 Å². The highest BCUT2D eigenvalue weighted by molar-refractivity contribution is 5.86. The van der Waals surface area contributed by atoms with Crippen molar-refractivity contribution in [3.05, 3.63) is 71.4 Å². The Morgan fingerprint density at radius 2 is 1.93 bits per heavy atom. The molecule has 0 aliphatic carbocycles. The molecule has 0 radical (unpaired) electrons. The fourth-order valence-electron chi connectivity index (χ4n) is 4.22. The van der Waals surface area contributed by atoms with Crippen molar-refractivity contribution in [3.63, 3.8) is 0 Å². The van der Waals surface area contributed by atoms with E-state index in [9.17, 15) is 14.7 Å². The molecule has 3 atom stereocenters. The number of hydrogen-bond donors (Lipinski definition) is 3. The molecule has 1 saturated heterocycles. The number of amides is 1. The van der Waals surface area contributed by atoms with E-state index in [-0.39, 0.29) is 18.4 Å². The molecule has 0 spiro atoms. The smallest absolute Gasteiger partial charge is 0.312 e. The molecule has 1 fully saturated rings. The van der Waals surface area contributed by atoms with Crippen LogP contribution in [-0.4, -0.2) is 41.2 Å². The zero-order valence-corrected chi connectivity index (χ0v) is 16.2. The summed E-state index contributed by atoms with van der Waals surface area (Å²) in [4.78, 5) is 27.4. The molecule has 1 aromatic heterocycles. The first-order valence-corrected chi connectivity index (χ1v) is 9.80. The predicted octanol–water partition coefficient (Wildman–Crippen LogP) is 2.51. The van der Waals surface area contributed by atoms with Crippen LogP contribution in [0.5, 0.6) is 0 Å². The van der Waals surface area contributed by atoms with Crippen molar-refractivity contribution in [3.8, 4) is 0 Å². The summed E-state index contributed by atoms with van der Waals surface area (Å²) < 4.78 is 5.17. The monoisotopic (exact) mass is 392 g/mol. The lowest BCUT2D eigenvalue weighted by Gasteiger charge is -2.24. The van der Waals surface area contributed by atoms with E-state index in [1.54, 1.807) is 0 Å². The van der Waals surface area contributed by atoms with E-state index >= 15 is 0 Å². The lowest BCUT2D eigenvalue weighted by molar-refractivity contribution is -0.141. The maximum atomic E-state index is 12.5. The van der Waals surface area contributed by atoms with Crippen molar-refractivity contribution in [2.75, 3.05) is 13.2 Å². The Morgan fingerprint density at radius 1 is 1.21 bits per heavy atom. The highest BCUT2D eigenvalue weighted by Crippen LogP contribution is 2.40. The van der Waals surface area contributed by atoms with Crippen LogP contribution in [-0.2, 0) is 20.7 Å². The first-order valence-electron chi connectivity index (χ1n) is 9.80. The Bertz CT molecular complexity index is 1030. The van der Waals surface area contributed by atoms with Crippen molar-refractivity contribution in [2.24, 2.45) is 5.92 Å². The molecular formula is C23H24N2O4. The van der Waals surface area contributed by atoms with Gasteiger partial charge in [-0.05, 0) is 23.6 Å². The topological polar surface area (TPSA) is 91.4 Å². The van der Waals surface area contributed by atoms with Crippen molar-refractivity contribution < 1.29 is 19.4 Å². The maximum Gasteiger partial charge on any atom is 0.312 e. The minimum absolute atomic E-state index is 0.00822. The molecule has 3 aromatic rings. The lowest BCUT2D eigenvalue weighted by Crippen LogP contribution is -2.29. The van der Waals surface area contributed by atoms with Gasteiger partial charge in [0.15, 0.2) is 0 Å². The minimum atomic E-state index is -0.873. The average molecular weight is 392 g/mol. The Kier molecular flexibility index (Phi) is 5.36. The number of aliphatic hydroxyl groups excluding tert-OH is 1. The van der Waals surface area contributed by atoms with E-state index in [1.165, 1.54) is 6.92 Å². The Balaban J connectivity index is 1.85. The normalized spacial score (nSPS) is 19.9. The summed E-state index contributed by atoms with van der Waals surface area (Å²) in [5.41, 5.74) is 3.81. The number of aromatic nitrogens is 1. The van der Waals surface area contributed by atoms with Crippen molar-refractivity contribution in [1.29, 1.82) is 0 Å². The van der Waals surface area contributed by atoms with Gasteiger partial charge in [0.25, 0.3) is 0 Å². The number of para-hydroxylation sites is 1. The van der Waals surface area contributed by atoms with Gasteiger partial charge in [-0.15, -0.1) is 0 Å². The predicted molar refractivity (Wildman–Crippen MR) is 109 cm³/mol. The summed E-state index contributed by atoms with van der Waals surface area (Å²) >= 11 is 0. The molecule has 2 aromatic carbocycles. The Labute approximate surface area is 168 Å². The number of aromatic amines is 1. The van der Waals surface area contributed by atoms with E-state index in [1.807, 2.05) is 54.6 Å². The fourth-order valence-corrected chi connectivity index (χ4v) is 4.22. The molecule has 6 nitrogen and oxygen atoms in total. The van der Waals surface area contributed by atoms with Crippen LogP contribution < -0.4 is 5.32 Å². The maximum absolute atomic E-state index is 12.5. The van der Waals surface area contributed by atoms with E-state index < -0.39 is 18.0 Å². The van der Waals surface area contributed by atoms with Gasteiger partial charge in [0.2, 0.25) is 5.91 Å². The second-order valence-electron chi connectivity index (χ2n) is 7.41. The van der Waals surface area contributed by atoms with Gasteiger partial charge in [0.05, 0.1) is 5.92 Å². The molecule has 6 heteroatoms. The van der Waals surface area contributed by atoms with E-state index in [0.717, 1.165) is 27.7 Å². The van der Waals surface area contributed by atoms with Crippen LogP contribution >= 0.6 is 0 Å². The lowest BCUT2D eigenvalue weighted by atomic mass is 9.79. The fraction of sp³-hybridized carbons (Fsp3) is 0.304. The summed E-state index contributed by atoms with van der Waals surface area (Å²) in [6.07, 6.45) is -0.262. The third-order valence-corrected chi connectivity index (χ3v) is 5.51. The number of hydrogen-bond acceptors (Lipinski definition) is 4.